The Hall–Kier alpha value is -0.0400. The molecule has 4 nitrogen and oxygen atoms in total. The molecule has 0 spiro atoms. The summed E-state index contributed by atoms with van der Waals surface area (Å²) in [6.07, 6.45) is 6.52. The number of aliphatic imine (C=N–C) groups is 1. The third-order valence-corrected chi connectivity index (χ3v) is 3.95. The number of likely N-dealkylation sites (tertiary alicyclic amines) is 1. The van der Waals surface area contributed by atoms with Crippen molar-refractivity contribution in [2.24, 2.45) is 10.9 Å². The van der Waals surface area contributed by atoms with Crippen LogP contribution in [0.1, 0.15) is 39.0 Å². The number of piperidine rings is 1. The summed E-state index contributed by atoms with van der Waals surface area (Å²) >= 11 is 0. The number of hydrogen-bond acceptors (Lipinski definition) is 2. The number of nitrogens with one attached hydrogen (secondary N) is 2. The second-order valence-electron chi connectivity index (χ2n) is 5.66. The zero-order valence-electron chi connectivity index (χ0n) is 12.3. The van der Waals surface area contributed by atoms with Gasteiger partial charge < -0.3 is 15.5 Å². The molecule has 0 amide bonds. The summed E-state index contributed by atoms with van der Waals surface area (Å²) in [6.45, 7) is 7.06. The second-order valence-corrected chi connectivity index (χ2v) is 5.66. The molecule has 5 heteroatoms. The summed E-state index contributed by atoms with van der Waals surface area (Å²) in [7, 11) is 1.87. The Morgan fingerprint density at radius 2 is 1.89 bits per heavy atom. The molecular weight excluding hydrogens is 351 g/mol. The fourth-order valence-corrected chi connectivity index (χ4v) is 2.57. The Morgan fingerprint density at radius 1 is 1.21 bits per heavy atom. The van der Waals surface area contributed by atoms with Crippen LogP contribution in [0.15, 0.2) is 4.99 Å². The van der Waals surface area contributed by atoms with E-state index in [0.29, 0.717) is 6.04 Å². The van der Waals surface area contributed by atoms with E-state index in [9.17, 15) is 0 Å². The van der Waals surface area contributed by atoms with Crippen LogP contribution in [-0.2, 0) is 0 Å². The van der Waals surface area contributed by atoms with E-state index in [2.05, 4.69) is 27.4 Å². The number of guanidine groups is 1. The maximum atomic E-state index is 4.32. The molecule has 0 bridgehead atoms. The molecule has 2 aliphatic rings. The van der Waals surface area contributed by atoms with Crippen molar-refractivity contribution < 1.29 is 0 Å². The van der Waals surface area contributed by atoms with E-state index in [1.54, 1.807) is 0 Å². The van der Waals surface area contributed by atoms with Crippen molar-refractivity contribution in [2.75, 3.05) is 33.2 Å². The molecule has 1 aliphatic heterocycles. The van der Waals surface area contributed by atoms with Crippen LogP contribution in [0.5, 0.6) is 0 Å². The molecule has 2 fully saturated rings. The van der Waals surface area contributed by atoms with Gasteiger partial charge in [-0.15, -0.1) is 24.0 Å². The fourth-order valence-electron chi connectivity index (χ4n) is 2.57. The maximum Gasteiger partial charge on any atom is 0.191 e. The normalized spacial score (nSPS) is 21.9. The molecule has 1 aliphatic carbocycles. The molecule has 1 heterocycles. The summed E-state index contributed by atoms with van der Waals surface area (Å²) in [5.74, 6) is 1.89. The van der Waals surface area contributed by atoms with Crippen LogP contribution in [0.3, 0.4) is 0 Å². The Morgan fingerprint density at radius 3 is 2.42 bits per heavy atom. The Labute approximate surface area is 134 Å². The molecule has 2 rings (SSSR count). The highest BCUT2D eigenvalue weighted by Crippen LogP contribution is 2.27. The van der Waals surface area contributed by atoms with Crippen molar-refractivity contribution in [3.8, 4) is 0 Å². The zero-order chi connectivity index (χ0) is 12.8. The van der Waals surface area contributed by atoms with Crippen molar-refractivity contribution in [1.82, 2.24) is 15.5 Å². The van der Waals surface area contributed by atoms with Gasteiger partial charge in [-0.25, -0.2) is 0 Å². The van der Waals surface area contributed by atoms with E-state index in [4.69, 9.17) is 0 Å². The standard InChI is InChI=1S/C14H28N4.HI/c1-3-8-18-9-6-13(7-10-18)17-14(15-2)16-11-12-4-5-12;/h12-13H,3-11H2,1-2H3,(H2,15,16,17);1H. The van der Waals surface area contributed by atoms with Gasteiger partial charge in [0.05, 0.1) is 0 Å². The third-order valence-electron chi connectivity index (χ3n) is 3.95. The second kappa shape index (κ2) is 9.00. The Bertz CT molecular complexity index is 271. The molecule has 0 aromatic rings. The molecule has 2 N–H and O–H groups in total. The van der Waals surface area contributed by atoms with Crippen LogP contribution in [0.2, 0.25) is 0 Å². The minimum Gasteiger partial charge on any atom is -0.356 e. The molecular formula is C14H29IN4. The first-order valence-electron chi connectivity index (χ1n) is 7.51. The van der Waals surface area contributed by atoms with E-state index in [1.165, 1.54) is 51.7 Å². The molecule has 0 aromatic carbocycles. The van der Waals surface area contributed by atoms with E-state index in [-0.39, 0.29) is 24.0 Å². The lowest BCUT2D eigenvalue weighted by molar-refractivity contribution is 0.206. The molecule has 1 saturated carbocycles. The largest absolute Gasteiger partial charge is 0.356 e. The number of nitrogens with zero attached hydrogens (tertiary/aromatic N) is 2. The topological polar surface area (TPSA) is 39.7 Å². The monoisotopic (exact) mass is 380 g/mol. The van der Waals surface area contributed by atoms with E-state index in [1.807, 2.05) is 7.05 Å². The molecule has 0 radical (unpaired) electrons. The van der Waals surface area contributed by atoms with Crippen molar-refractivity contribution in [3.63, 3.8) is 0 Å². The van der Waals surface area contributed by atoms with E-state index in [0.717, 1.165) is 18.4 Å². The van der Waals surface area contributed by atoms with Gasteiger partial charge >= 0.3 is 0 Å². The third kappa shape index (κ3) is 6.29. The molecule has 112 valence electrons. The average Bonchev–Trinajstić information content (AvgIpc) is 3.21. The van der Waals surface area contributed by atoms with Crippen molar-refractivity contribution in [1.29, 1.82) is 0 Å². The van der Waals surface area contributed by atoms with Gasteiger partial charge in [-0.1, -0.05) is 6.92 Å². The van der Waals surface area contributed by atoms with E-state index >= 15 is 0 Å². The highest BCUT2D eigenvalue weighted by molar-refractivity contribution is 14.0. The van der Waals surface area contributed by atoms with Gasteiger partial charge in [0.25, 0.3) is 0 Å². The SMILES string of the molecule is CCCN1CCC(NC(=NC)NCC2CC2)CC1.I. The highest BCUT2D eigenvalue weighted by atomic mass is 127. The number of halogens is 1. The van der Waals surface area contributed by atoms with Crippen LogP contribution < -0.4 is 10.6 Å². The van der Waals surface area contributed by atoms with Gasteiger partial charge in [-0.3, -0.25) is 4.99 Å². The summed E-state index contributed by atoms with van der Waals surface area (Å²) in [6, 6.07) is 0.600. The van der Waals surface area contributed by atoms with Gasteiger partial charge in [-0.2, -0.15) is 0 Å². The lowest BCUT2D eigenvalue weighted by Crippen LogP contribution is -2.49. The maximum absolute atomic E-state index is 4.32. The van der Waals surface area contributed by atoms with Gasteiger partial charge in [0.15, 0.2) is 5.96 Å². The molecule has 0 aromatic heterocycles. The van der Waals surface area contributed by atoms with Gasteiger partial charge in [0, 0.05) is 32.7 Å². The molecule has 1 saturated heterocycles. The summed E-state index contributed by atoms with van der Waals surface area (Å²) in [4.78, 5) is 6.89. The predicted molar refractivity (Wildman–Crippen MR) is 92.4 cm³/mol. The number of rotatable bonds is 5. The van der Waals surface area contributed by atoms with Crippen LogP contribution in [0.4, 0.5) is 0 Å². The minimum atomic E-state index is 0. The quantitative estimate of drug-likeness (QED) is 0.436. The van der Waals surface area contributed by atoms with Crippen molar-refractivity contribution in [2.45, 2.75) is 45.1 Å². The van der Waals surface area contributed by atoms with Crippen LogP contribution in [-0.4, -0.2) is 50.1 Å². The van der Waals surface area contributed by atoms with Crippen molar-refractivity contribution in [3.05, 3.63) is 0 Å². The lowest BCUT2D eigenvalue weighted by Gasteiger charge is -2.32. The van der Waals surface area contributed by atoms with Crippen LogP contribution in [0, 0.1) is 5.92 Å². The highest BCUT2D eigenvalue weighted by Gasteiger charge is 2.22. The average molecular weight is 380 g/mol. The first kappa shape index (κ1) is 17.0. The predicted octanol–water partition coefficient (Wildman–Crippen LogP) is 2.05. The summed E-state index contributed by atoms with van der Waals surface area (Å²) in [5, 5.41) is 7.00. The van der Waals surface area contributed by atoms with Gasteiger partial charge in [-0.05, 0) is 44.6 Å². The Balaban J connectivity index is 0.00000180. The first-order chi connectivity index (χ1) is 8.81. The van der Waals surface area contributed by atoms with Gasteiger partial charge in [0.2, 0.25) is 0 Å². The fraction of sp³-hybridized carbons (Fsp3) is 0.929. The summed E-state index contributed by atoms with van der Waals surface area (Å²) < 4.78 is 0. The summed E-state index contributed by atoms with van der Waals surface area (Å²) in [5.41, 5.74) is 0. The molecule has 0 atom stereocenters. The van der Waals surface area contributed by atoms with Crippen LogP contribution in [0.25, 0.3) is 0 Å². The smallest absolute Gasteiger partial charge is 0.191 e. The zero-order valence-corrected chi connectivity index (χ0v) is 14.7. The Kier molecular flexibility index (Phi) is 8.06. The van der Waals surface area contributed by atoms with Gasteiger partial charge in [0.1, 0.15) is 0 Å². The lowest BCUT2D eigenvalue weighted by atomic mass is 10.1. The molecule has 19 heavy (non-hydrogen) atoms. The van der Waals surface area contributed by atoms with Crippen LogP contribution >= 0.6 is 24.0 Å². The first-order valence-corrected chi connectivity index (χ1v) is 7.51. The van der Waals surface area contributed by atoms with Crippen molar-refractivity contribution >= 4 is 29.9 Å². The van der Waals surface area contributed by atoms with E-state index < -0.39 is 0 Å². The number of hydrogen-bond donors (Lipinski definition) is 2. The minimum absolute atomic E-state index is 0. The molecule has 0 unspecified atom stereocenters.